The molecule has 0 bridgehead atoms. The van der Waals surface area contributed by atoms with Crippen molar-refractivity contribution in [1.82, 2.24) is 0 Å². The third kappa shape index (κ3) is 3.16. The molecular weight excluding hydrogens is 200 g/mol. The van der Waals surface area contributed by atoms with Crippen LogP contribution in [-0.2, 0) is 6.42 Å². The first-order chi connectivity index (χ1) is 7.58. The Kier molecular flexibility index (Phi) is 4.66. The predicted octanol–water partition coefficient (Wildman–Crippen LogP) is 3.71. The van der Waals surface area contributed by atoms with Crippen molar-refractivity contribution in [2.75, 3.05) is 0 Å². The number of rotatable bonds is 5. The third-order valence-corrected chi connectivity index (χ3v) is 3.51. The Morgan fingerprint density at radius 3 is 2.25 bits per heavy atom. The molecule has 0 saturated carbocycles. The normalized spacial score (nSPS) is 14.7. The van der Waals surface area contributed by atoms with E-state index in [9.17, 15) is 10.2 Å². The quantitative estimate of drug-likeness (QED) is 0.745. The Bertz CT molecular complexity index is 334. The van der Waals surface area contributed by atoms with E-state index in [-0.39, 0.29) is 11.5 Å². The number of phenols is 2. The van der Waals surface area contributed by atoms with E-state index in [4.69, 9.17) is 0 Å². The van der Waals surface area contributed by atoms with Gasteiger partial charge in [0.15, 0.2) is 11.5 Å². The molecule has 2 nitrogen and oxygen atoms in total. The van der Waals surface area contributed by atoms with Gasteiger partial charge in [-0.2, -0.15) is 0 Å². The lowest BCUT2D eigenvalue weighted by molar-refractivity contribution is 0.335. The minimum Gasteiger partial charge on any atom is -0.504 e. The number of aromatic hydroxyl groups is 2. The molecule has 0 aromatic heterocycles. The maximum Gasteiger partial charge on any atom is 0.157 e. The van der Waals surface area contributed by atoms with Crippen molar-refractivity contribution < 1.29 is 10.2 Å². The highest BCUT2D eigenvalue weighted by molar-refractivity contribution is 5.40. The topological polar surface area (TPSA) is 40.5 Å². The van der Waals surface area contributed by atoms with Gasteiger partial charge in [0.05, 0.1) is 0 Å². The summed E-state index contributed by atoms with van der Waals surface area (Å²) < 4.78 is 0. The first kappa shape index (κ1) is 12.9. The van der Waals surface area contributed by atoms with E-state index in [0.717, 1.165) is 18.4 Å². The summed E-state index contributed by atoms with van der Waals surface area (Å²) in [4.78, 5) is 0. The van der Waals surface area contributed by atoms with Gasteiger partial charge in [0, 0.05) is 0 Å². The second-order valence-electron chi connectivity index (χ2n) is 4.58. The van der Waals surface area contributed by atoms with Crippen LogP contribution in [0.3, 0.4) is 0 Å². The minimum absolute atomic E-state index is 0.0171. The van der Waals surface area contributed by atoms with E-state index in [1.807, 2.05) is 6.07 Å². The lowest BCUT2D eigenvalue weighted by Crippen LogP contribution is -2.12. The molecule has 2 atom stereocenters. The summed E-state index contributed by atoms with van der Waals surface area (Å²) in [6.45, 7) is 6.69. The molecule has 2 unspecified atom stereocenters. The summed E-state index contributed by atoms with van der Waals surface area (Å²) in [5.41, 5.74) is 1.10. The zero-order chi connectivity index (χ0) is 12.1. The Morgan fingerprint density at radius 2 is 1.75 bits per heavy atom. The molecule has 1 aromatic carbocycles. The fraction of sp³-hybridized carbons (Fsp3) is 0.571. The summed E-state index contributed by atoms with van der Waals surface area (Å²) in [5.74, 6) is 1.28. The Balaban J connectivity index is 2.74. The van der Waals surface area contributed by atoms with Crippen molar-refractivity contribution in [3.05, 3.63) is 23.8 Å². The van der Waals surface area contributed by atoms with Gasteiger partial charge in [-0.3, -0.25) is 0 Å². The van der Waals surface area contributed by atoms with E-state index >= 15 is 0 Å². The standard InChI is InChI=1S/C14H22O2/c1-4-10(3)12(5-2)8-11-6-7-13(15)14(16)9-11/h6-7,9-10,12,15-16H,4-5,8H2,1-3H3. The molecule has 0 aliphatic carbocycles. The van der Waals surface area contributed by atoms with Gasteiger partial charge >= 0.3 is 0 Å². The van der Waals surface area contributed by atoms with Gasteiger partial charge in [0.25, 0.3) is 0 Å². The molecule has 0 aliphatic heterocycles. The van der Waals surface area contributed by atoms with Crippen LogP contribution in [0.1, 0.15) is 39.2 Å². The van der Waals surface area contributed by atoms with Crippen LogP contribution in [0, 0.1) is 11.8 Å². The highest BCUT2D eigenvalue weighted by Crippen LogP contribution is 2.29. The monoisotopic (exact) mass is 222 g/mol. The molecule has 16 heavy (non-hydrogen) atoms. The summed E-state index contributed by atoms with van der Waals surface area (Å²) in [5, 5.41) is 18.7. The van der Waals surface area contributed by atoms with Gasteiger partial charge in [-0.15, -0.1) is 0 Å². The van der Waals surface area contributed by atoms with E-state index < -0.39 is 0 Å². The number of hydrogen-bond donors (Lipinski definition) is 2. The van der Waals surface area contributed by atoms with E-state index in [0.29, 0.717) is 11.8 Å². The molecule has 1 rings (SSSR count). The Morgan fingerprint density at radius 1 is 1.06 bits per heavy atom. The van der Waals surface area contributed by atoms with Gasteiger partial charge in [-0.05, 0) is 36.0 Å². The Hall–Kier alpha value is -1.18. The maximum atomic E-state index is 9.43. The van der Waals surface area contributed by atoms with Gasteiger partial charge < -0.3 is 10.2 Å². The molecule has 0 aliphatic rings. The van der Waals surface area contributed by atoms with Crippen LogP contribution in [0.5, 0.6) is 11.5 Å². The molecule has 2 heteroatoms. The largest absolute Gasteiger partial charge is 0.504 e. The van der Waals surface area contributed by atoms with Crippen molar-refractivity contribution in [1.29, 1.82) is 0 Å². The molecule has 1 aromatic rings. The summed E-state index contributed by atoms with van der Waals surface area (Å²) in [7, 11) is 0. The number of phenolic OH excluding ortho intramolecular Hbond substituents is 2. The van der Waals surface area contributed by atoms with Crippen LogP contribution >= 0.6 is 0 Å². The highest BCUT2D eigenvalue weighted by atomic mass is 16.3. The fourth-order valence-electron chi connectivity index (χ4n) is 2.08. The minimum atomic E-state index is -0.0414. The van der Waals surface area contributed by atoms with Gasteiger partial charge in [-0.1, -0.05) is 39.7 Å². The van der Waals surface area contributed by atoms with Crippen molar-refractivity contribution in [2.45, 2.75) is 40.0 Å². The van der Waals surface area contributed by atoms with Crippen molar-refractivity contribution in [3.63, 3.8) is 0 Å². The molecule has 0 amide bonds. The van der Waals surface area contributed by atoms with Crippen LogP contribution in [-0.4, -0.2) is 10.2 Å². The Labute approximate surface area is 97.9 Å². The SMILES string of the molecule is CCC(C)C(CC)Cc1ccc(O)c(O)c1. The molecule has 0 fully saturated rings. The molecule has 2 N–H and O–H groups in total. The van der Waals surface area contributed by atoms with Crippen molar-refractivity contribution in [3.8, 4) is 11.5 Å². The zero-order valence-corrected chi connectivity index (χ0v) is 10.4. The summed E-state index contributed by atoms with van der Waals surface area (Å²) >= 11 is 0. The lowest BCUT2D eigenvalue weighted by atomic mass is 9.84. The second kappa shape index (κ2) is 5.78. The highest BCUT2D eigenvalue weighted by Gasteiger charge is 2.14. The van der Waals surface area contributed by atoms with E-state index in [1.165, 1.54) is 6.42 Å². The molecule has 0 radical (unpaired) electrons. The summed E-state index contributed by atoms with van der Waals surface area (Å²) in [6, 6.07) is 5.12. The van der Waals surface area contributed by atoms with Crippen LogP contribution in [0.25, 0.3) is 0 Å². The van der Waals surface area contributed by atoms with Gasteiger partial charge in [-0.25, -0.2) is 0 Å². The average molecular weight is 222 g/mol. The predicted molar refractivity (Wildman–Crippen MR) is 66.7 cm³/mol. The second-order valence-corrected chi connectivity index (χ2v) is 4.58. The zero-order valence-electron chi connectivity index (χ0n) is 10.4. The summed E-state index contributed by atoms with van der Waals surface area (Å²) in [6.07, 6.45) is 3.30. The van der Waals surface area contributed by atoms with Crippen LogP contribution in [0.15, 0.2) is 18.2 Å². The van der Waals surface area contributed by atoms with Gasteiger partial charge in [0.2, 0.25) is 0 Å². The van der Waals surface area contributed by atoms with Gasteiger partial charge in [0.1, 0.15) is 0 Å². The van der Waals surface area contributed by atoms with Crippen LogP contribution < -0.4 is 0 Å². The molecule has 0 heterocycles. The molecule has 90 valence electrons. The van der Waals surface area contributed by atoms with Crippen LogP contribution in [0.2, 0.25) is 0 Å². The average Bonchev–Trinajstić information content (AvgIpc) is 2.29. The first-order valence-electron chi connectivity index (χ1n) is 6.09. The maximum absolute atomic E-state index is 9.43. The van der Waals surface area contributed by atoms with Crippen LogP contribution in [0.4, 0.5) is 0 Å². The smallest absolute Gasteiger partial charge is 0.157 e. The lowest BCUT2D eigenvalue weighted by Gasteiger charge is -2.21. The van der Waals surface area contributed by atoms with Crippen molar-refractivity contribution >= 4 is 0 Å². The molecular formula is C14H22O2. The van der Waals surface area contributed by atoms with Crippen molar-refractivity contribution in [2.24, 2.45) is 11.8 Å². The number of benzene rings is 1. The fourth-order valence-corrected chi connectivity index (χ4v) is 2.08. The molecule has 0 saturated heterocycles. The van der Waals surface area contributed by atoms with E-state index in [2.05, 4.69) is 20.8 Å². The first-order valence-corrected chi connectivity index (χ1v) is 6.09. The third-order valence-electron chi connectivity index (χ3n) is 3.51. The molecule has 0 spiro atoms. The number of hydrogen-bond acceptors (Lipinski definition) is 2. The van der Waals surface area contributed by atoms with E-state index in [1.54, 1.807) is 12.1 Å².